The second-order valence-electron chi connectivity index (χ2n) is 1.76. The monoisotopic (exact) mass is 252 g/mol. The predicted octanol–water partition coefficient (Wildman–Crippen LogP) is 1.83. The van der Waals surface area contributed by atoms with Gasteiger partial charge in [0.15, 0.2) is 23.0 Å². The van der Waals surface area contributed by atoms with Gasteiger partial charge in [0.2, 0.25) is 0 Å². The van der Waals surface area contributed by atoms with Crippen LogP contribution in [0.3, 0.4) is 0 Å². The molecule has 0 saturated carbocycles. The molecule has 0 spiro atoms. The summed E-state index contributed by atoms with van der Waals surface area (Å²) in [6.07, 6.45) is 0. The maximum Gasteiger partial charge on any atom is 0.192 e. The highest BCUT2D eigenvalue weighted by atomic mass is 127. The summed E-state index contributed by atoms with van der Waals surface area (Å²) in [7, 11) is 0. The molecule has 0 atom stereocenters. The third-order valence-electron chi connectivity index (χ3n) is 0.965. The fraction of sp³-hybridized carbons (Fsp3) is 0. The van der Waals surface area contributed by atoms with Crippen LogP contribution in [0.15, 0.2) is 18.2 Å². The summed E-state index contributed by atoms with van der Waals surface area (Å²) >= 11 is 1.66. The van der Waals surface area contributed by atoms with Crippen molar-refractivity contribution in [3.63, 3.8) is 0 Å². The van der Waals surface area contributed by atoms with Crippen molar-refractivity contribution < 1.29 is 13.3 Å². The molecular formula is C6H5IO3. The molecule has 2 N–H and O–H groups in total. The van der Waals surface area contributed by atoms with Gasteiger partial charge in [0.1, 0.15) is 17.2 Å². The van der Waals surface area contributed by atoms with Crippen molar-refractivity contribution in [3.05, 3.63) is 18.2 Å². The van der Waals surface area contributed by atoms with E-state index < -0.39 is 0 Å². The Morgan fingerprint density at radius 2 is 1.60 bits per heavy atom. The van der Waals surface area contributed by atoms with Gasteiger partial charge in [0.25, 0.3) is 0 Å². The number of hydrogen-bond donors (Lipinski definition) is 2. The molecule has 0 unspecified atom stereocenters. The molecule has 0 amide bonds. The molecule has 1 aromatic rings. The van der Waals surface area contributed by atoms with Gasteiger partial charge in [0.05, 0.1) is 0 Å². The lowest BCUT2D eigenvalue weighted by molar-refractivity contribution is 0.447. The van der Waals surface area contributed by atoms with Crippen LogP contribution in [-0.2, 0) is 0 Å². The van der Waals surface area contributed by atoms with Crippen LogP contribution >= 0.6 is 23.0 Å². The highest BCUT2D eigenvalue weighted by Gasteiger charge is 1.97. The zero-order valence-corrected chi connectivity index (χ0v) is 7.07. The molecule has 4 heteroatoms. The van der Waals surface area contributed by atoms with E-state index in [9.17, 15) is 0 Å². The zero-order chi connectivity index (χ0) is 7.56. The lowest BCUT2D eigenvalue weighted by atomic mass is 10.3. The normalized spacial score (nSPS) is 9.30. The Balaban J connectivity index is 3.06. The number of aromatic hydroxyl groups is 2. The van der Waals surface area contributed by atoms with Gasteiger partial charge in [-0.1, -0.05) is 0 Å². The number of halogens is 1. The number of phenols is 2. The summed E-state index contributed by atoms with van der Waals surface area (Å²) < 4.78 is 4.73. The van der Waals surface area contributed by atoms with E-state index in [1.54, 1.807) is 23.0 Å². The van der Waals surface area contributed by atoms with Crippen molar-refractivity contribution in [1.29, 1.82) is 0 Å². The predicted molar refractivity (Wildman–Crippen MR) is 44.4 cm³/mol. The SMILES string of the molecule is Oc1cc(O)cc(OI)c1. The van der Waals surface area contributed by atoms with Crippen molar-refractivity contribution in [2.45, 2.75) is 0 Å². The van der Waals surface area contributed by atoms with Gasteiger partial charge in [-0.15, -0.1) is 0 Å². The van der Waals surface area contributed by atoms with Gasteiger partial charge in [-0.25, -0.2) is 0 Å². The topological polar surface area (TPSA) is 49.7 Å². The first kappa shape index (κ1) is 7.46. The van der Waals surface area contributed by atoms with E-state index in [0.29, 0.717) is 5.75 Å². The minimum absolute atomic E-state index is 0.00772. The molecule has 1 aromatic carbocycles. The highest BCUT2D eigenvalue weighted by molar-refractivity contribution is 14.1. The summed E-state index contributed by atoms with van der Waals surface area (Å²) in [6.45, 7) is 0. The van der Waals surface area contributed by atoms with Crippen LogP contribution in [0, 0.1) is 0 Å². The smallest absolute Gasteiger partial charge is 0.192 e. The van der Waals surface area contributed by atoms with E-state index in [4.69, 9.17) is 13.3 Å². The largest absolute Gasteiger partial charge is 0.508 e. The van der Waals surface area contributed by atoms with Crippen LogP contribution in [0.2, 0.25) is 0 Å². The molecular weight excluding hydrogens is 247 g/mol. The number of rotatable bonds is 1. The first-order valence-corrected chi connectivity index (χ1v) is 3.42. The van der Waals surface area contributed by atoms with E-state index >= 15 is 0 Å². The molecule has 0 fully saturated rings. The van der Waals surface area contributed by atoms with Gasteiger partial charge < -0.3 is 13.3 Å². The maximum absolute atomic E-state index is 8.88. The molecule has 0 aliphatic carbocycles. The van der Waals surface area contributed by atoms with Crippen LogP contribution in [0.25, 0.3) is 0 Å². The van der Waals surface area contributed by atoms with Crippen LogP contribution in [-0.4, -0.2) is 10.2 Å². The van der Waals surface area contributed by atoms with Gasteiger partial charge in [-0.2, -0.15) is 0 Å². The third-order valence-corrected chi connectivity index (χ3v) is 1.47. The lowest BCUT2D eigenvalue weighted by Gasteiger charge is -1.98. The molecule has 10 heavy (non-hydrogen) atoms. The Kier molecular flexibility index (Phi) is 2.21. The van der Waals surface area contributed by atoms with Crippen LogP contribution in [0.1, 0.15) is 0 Å². The first-order valence-electron chi connectivity index (χ1n) is 2.54. The van der Waals surface area contributed by atoms with Crippen molar-refractivity contribution in [2.75, 3.05) is 0 Å². The molecule has 0 aliphatic rings. The molecule has 3 nitrogen and oxygen atoms in total. The second kappa shape index (κ2) is 2.96. The molecule has 0 heterocycles. The minimum Gasteiger partial charge on any atom is -0.508 e. The summed E-state index contributed by atoms with van der Waals surface area (Å²) in [5, 5.41) is 17.8. The summed E-state index contributed by atoms with van der Waals surface area (Å²) in [4.78, 5) is 0. The standard InChI is InChI=1S/C6H5IO3/c7-10-6-2-4(8)1-5(9)3-6/h1-3,8-9H. The van der Waals surface area contributed by atoms with Crippen LogP contribution in [0.5, 0.6) is 17.2 Å². The van der Waals surface area contributed by atoms with Gasteiger partial charge in [-0.3, -0.25) is 0 Å². The summed E-state index contributed by atoms with van der Waals surface area (Å²) in [5.41, 5.74) is 0. The number of benzene rings is 1. The molecule has 54 valence electrons. The van der Waals surface area contributed by atoms with Crippen molar-refractivity contribution in [3.8, 4) is 17.2 Å². The molecule has 0 bridgehead atoms. The first-order chi connectivity index (χ1) is 4.72. The summed E-state index contributed by atoms with van der Waals surface area (Å²) in [6, 6.07) is 4.05. The third kappa shape index (κ3) is 1.66. The lowest BCUT2D eigenvalue weighted by Crippen LogP contribution is -1.73. The quantitative estimate of drug-likeness (QED) is 0.749. The molecule has 0 saturated heterocycles. The summed E-state index contributed by atoms with van der Waals surface area (Å²) in [5.74, 6) is 0.413. The number of hydrogen-bond acceptors (Lipinski definition) is 3. The van der Waals surface area contributed by atoms with E-state index in [0.717, 1.165) is 0 Å². The number of phenolic OH excluding ortho intramolecular Hbond substituents is 2. The van der Waals surface area contributed by atoms with Gasteiger partial charge in [-0.05, 0) is 0 Å². The van der Waals surface area contributed by atoms with Crippen LogP contribution in [0.4, 0.5) is 0 Å². The zero-order valence-electron chi connectivity index (χ0n) is 4.91. The molecule has 0 radical (unpaired) electrons. The molecule has 0 aliphatic heterocycles. The van der Waals surface area contributed by atoms with Gasteiger partial charge in [0, 0.05) is 18.2 Å². The van der Waals surface area contributed by atoms with E-state index in [-0.39, 0.29) is 11.5 Å². The Labute approximate surface area is 71.9 Å². The highest BCUT2D eigenvalue weighted by Crippen LogP contribution is 2.26. The van der Waals surface area contributed by atoms with Crippen molar-refractivity contribution in [2.24, 2.45) is 0 Å². The minimum atomic E-state index is -0.00772. The Bertz CT molecular complexity index is 216. The Morgan fingerprint density at radius 1 is 1.10 bits per heavy atom. The Morgan fingerprint density at radius 3 is 2.00 bits per heavy atom. The fourth-order valence-corrected chi connectivity index (χ4v) is 0.867. The second-order valence-corrected chi connectivity index (χ2v) is 2.20. The van der Waals surface area contributed by atoms with Crippen molar-refractivity contribution >= 4 is 23.0 Å². The van der Waals surface area contributed by atoms with Crippen LogP contribution < -0.4 is 3.07 Å². The average Bonchev–Trinajstić information content (AvgIpc) is 1.85. The van der Waals surface area contributed by atoms with Crippen molar-refractivity contribution in [1.82, 2.24) is 0 Å². The van der Waals surface area contributed by atoms with E-state index in [1.165, 1.54) is 18.2 Å². The molecule has 0 aromatic heterocycles. The van der Waals surface area contributed by atoms with E-state index in [2.05, 4.69) is 0 Å². The maximum atomic E-state index is 8.88. The van der Waals surface area contributed by atoms with Gasteiger partial charge >= 0.3 is 0 Å². The fourth-order valence-electron chi connectivity index (χ4n) is 0.613. The average molecular weight is 252 g/mol. The molecule has 1 rings (SSSR count). The van der Waals surface area contributed by atoms with E-state index in [1.807, 2.05) is 0 Å². The Hall–Kier alpha value is -0.650.